The number of benzene rings is 2. The lowest BCUT2D eigenvalue weighted by atomic mass is 10.1. The molecule has 0 heterocycles. The van der Waals surface area contributed by atoms with Crippen molar-refractivity contribution in [1.82, 2.24) is 5.32 Å². The van der Waals surface area contributed by atoms with E-state index in [-0.39, 0.29) is 0 Å². The molecule has 4 nitrogen and oxygen atoms in total. The second kappa shape index (κ2) is 8.65. The van der Waals surface area contributed by atoms with Crippen molar-refractivity contribution in [2.45, 2.75) is 20.0 Å². The molecule has 0 saturated carbocycles. The molecule has 2 aromatic carbocycles. The van der Waals surface area contributed by atoms with Gasteiger partial charge in [-0.05, 0) is 24.6 Å². The summed E-state index contributed by atoms with van der Waals surface area (Å²) in [6.07, 6.45) is 0. The zero-order chi connectivity index (χ0) is 16.7. The lowest BCUT2D eigenvalue weighted by Crippen LogP contribution is -2.14. The predicted octanol–water partition coefficient (Wildman–Crippen LogP) is 4.05. The highest BCUT2D eigenvalue weighted by Crippen LogP contribution is 2.33. The SMILES string of the molecule is CCOc1cc(CNCc2ccccc2OC)c(Cl)cc1OC. The van der Waals surface area contributed by atoms with Gasteiger partial charge in [-0.1, -0.05) is 29.8 Å². The van der Waals surface area contributed by atoms with E-state index >= 15 is 0 Å². The lowest BCUT2D eigenvalue weighted by molar-refractivity contribution is 0.310. The molecule has 0 aliphatic rings. The number of halogens is 1. The summed E-state index contributed by atoms with van der Waals surface area (Å²) in [5.41, 5.74) is 2.07. The van der Waals surface area contributed by atoms with E-state index < -0.39 is 0 Å². The summed E-state index contributed by atoms with van der Waals surface area (Å²) in [6, 6.07) is 11.6. The normalized spacial score (nSPS) is 10.4. The van der Waals surface area contributed by atoms with Crippen LogP contribution in [0.4, 0.5) is 0 Å². The van der Waals surface area contributed by atoms with Gasteiger partial charge in [-0.2, -0.15) is 0 Å². The van der Waals surface area contributed by atoms with Gasteiger partial charge in [-0.3, -0.25) is 0 Å². The minimum absolute atomic E-state index is 0.575. The first kappa shape index (κ1) is 17.4. The number of hydrogen-bond donors (Lipinski definition) is 1. The molecule has 0 spiro atoms. The van der Waals surface area contributed by atoms with Crippen molar-refractivity contribution >= 4 is 11.6 Å². The second-order valence-electron chi connectivity index (χ2n) is 4.94. The van der Waals surface area contributed by atoms with Crippen LogP contribution in [-0.4, -0.2) is 20.8 Å². The van der Waals surface area contributed by atoms with Gasteiger partial charge < -0.3 is 19.5 Å². The van der Waals surface area contributed by atoms with Gasteiger partial charge >= 0.3 is 0 Å². The molecular weight excluding hydrogens is 314 g/mol. The molecule has 0 fully saturated rings. The monoisotopic (exact) mass is 335 g/mol. The zero-order valence-corrected chi connectivity index (χ0v) is 14.4. The van der Waals surface area contributed by atoms with Crippen LogP contribution in [0, 0.1) is 0 Å². The highest BCUT2D eigenvalue weighted by atomic mass is 35.5. The highest BCUT2D eigenvalue weighted by molar-refractivity contribution is 6.31. The van der Waals surface area contributed by atoms with Gasteiger partial charge in [0.25, 0.3) is 0 Å². The van der Waals surface area contributed by atoms with Crippen molar-refractivity contribution in [3.05, 3.63) is 52.5 Å². The Kier molecular flexibility index (Phi) is 6.56. The van der Waals surface area contributed by atoms with Crippen LogP contribution < -0.4 is 19.5 Å². The number of methoxy groups -OCH3 is 2. The number of nitrogens with one attached hydrogen (secondary N) is 1. The fraction of sp³-hybridized carbons (Fsp3) is 0.333. The standard InChI is InChI=1S/C18H22ClNO3/c1-4-23-18-9-14(15(19)10-17(18)22-3)12-20-11-13-7-5-6-8-16(13)21-2/h5-10,20H,4,11-12H2,1-3H3. The van der Waals surface area contributed by atoms with Crippen molar-refractivity contribution in [2.75, 3.05) is 20.8 Å². The molecule has 0 radical (unpaired) electrons. The van der Waals surface area contributed by atoms with Gasteiger partial charge in [0.15, 0.2) is 11.5 Å². The number of ether oxygens (including phenoxy) is 3. The Hall–Kier alpha value is -1.91. The third-order valence-corrected chi connectivity index (χ3v) is 3.81. The van der Waals surface area contributed by atoms with E-state index in [1.807, 2.05) is 37.3 Å². The van der Waals surface area contributed by atoms with E-state index in [2.05, 4.69) is 5.32 Å². The maximum absolute atomic E-state index is 6.32. The van der Waals surface area contributed by atoms with Crippen LogP contribution >= 0.6 is 11.6 Å². The van der Waals surface area contributed by atoms with Crippen LogP contribution in [0.25, 0.3) is 0 Å². The van der Waals surface area contributed by atoms with Crippen molar-refractivity contribution in [3.8, 4) is 17.2 Å². The van der Waals surface area contributed by atoms with Crippen LogP contribution in [0.1, 0.15) is 18.1 Å². The van der Waals surface area contributed by atoms with Gasteiger partial charge in [0, 0.05) is 29.7 Å². The van der Waals surface area contributed by atoms with Crippen LogP contribution in [0.15, 0.2) is 36.4 Å². The summed E-state index contributed by atoms with van der Waals surface area (Å²) in [6.45, 7) is 3.83. The van der Waals surface area contributed by atoms with E-state index in [9.17, 15) is 0 Å². The average molecular weight is 336 g/mol. The predicted molar refractivity (Wildman–Crippen MR) is 92.7 cm³/mol. The summed E-state index contributed by atoms with van der Waals surface area (Å²) in [4.78, 5) is 0. The summed E-state index contributed by atoms with van der Waals surface area (Å²) < 4.78 is 16.2. The van der Waals surface area contributed by atoms with Crippen molar-refractivity contribution < 1.29 is 14.2 Å². The zero-order valence-electron chi connectivity index (χ0n) is 13.7. The molecule has 0 aliphatic heterocycles. The molecule has 0 aliphatic carbocycles. The Balaban J connectivity index is 2.06. The van der Waals surface area contributed by atoms with E-state index in [0.717, 1.165) is 16.9 Å². The first-order valence-corrected chi connectivity index (χ1v) is 7.89. The maximum atomic E-state index is 6.32. The van der Waals surface area contributed by atoms with Crippen molar-refractivity contribution in [3.63, 3.8) is 0 Å². The first-order valence-electron chi connectivity index (χ1n) is 7.51. The third kappa shape index (κ3) is 4.53. The summed E-state index contributed by atoms with van der Waals surface area (Å²) in [5.74, 6) is 2.22. The molecule has 0 saturated heterocycles. The molecule has 0 atom stereocenters. The fourth-order valence-electron chi connectivity index (χ4n) is 2.32. The van der Waals surface area contributed by atoms with Crippen LogP contribution in [0.5, 0.6) is 17.2 Å². The first-order chi connectivity index (χ1) is 11.2. The number of rotatable bonds is 8. The van der Waals surface area contributed by atoms with Crippen LogP contribution in [-0.2, 0) is 13.1 Å². The average Bonchev–Trinajstić information content (AvgIpc) is 2.57. The van der Waals surface area contributed by atoms with Crippen LogP contribution in [0.3, 0.4) is 0 Å². The molecule has 0 amide bonds. The largest absolute Gasteiger partial charge is 0.496 e. The minimum Gasteiger partial charge on any atom is -0.496 e. The Bertz CT molecular complexity index is 646. The molecule has 2 rings (SSSR count). The van der Waals surface area contributed by atoms with Crippen LogP contribution in [0.2, 0.25) is 5.02 Å². The molecule has 1 N–H and O–H groups in total. The second-order valence-corrected chi connectivity index (χ2v) is 5.35. The van der Waals surface area contributed by atoms with Gasteiger partial charge in [-0.25, -0.2) is 0 Å². The van der Waals surface area contributed by atoms with Gasteiger partial charge in [-0.15, -0.1) is 0 Å². The molecule has 5 heteroatoms. The van der Waals surface area contributed by atoms with Gasteiger partial charge in [0.05, 0.1) is 20.8 Å². The van der Waals surface area contributed by atoms with E-state index in [1.54, 1.807) is 20.3 Å². The van der Waals surface area contributed by atoms with Gasteiger partial charge in [0.2, 0.25) is 0 Å². The summed E-state index contributed by atoms with van der Waals surface area (Å²) >= 11 is 6.32. The van der Waals surface area contributed by atoms with E-state index in [4.69, 9.17) is 25.8 Å². The lowest BCUT2D eigenvalue weighted by Gasteiger charge is -2.14. The summed E-state index contributed by atoms with van der Waals surface area (Å²) in [7, 11) is 3.28. The fourth-order valence-corrected chi connectivity index (χ4v) is 2.54. The molecule has 23 heavy (non-hydrogen) atoms. The smallest absolute Gasteiger partial charge is 0.162 e. The Morgan fingerprint density at radius 2 is 1.61 bits per heavy atom. The molecule has 0 bridgehead atoms. The van der Waals surface area contributed by atoms with Gasteiger partial charge in [0.1, 0.15) is 5.75 Å². The highest BCUT2D eigenvalue weighted by Gasteiger charge is 2.10. The van der Waals surface area contributed by atoms with Crippen molar-refractivity contribution in [1.29, 1.82) is 0 Å². The molecule has 124 valence electrons. The topological polar surface area (TPSA) is 39.7 Å². The Labute approximate surface area is 142 Å². The number of hydrogen-bond acceptors (Lipinski definition) is 4. The molecular formula is C18H22ClNO3. The van der Waals surface area contributed by atoms with Crippen molar-refractivity contribution in [2.24, 2.45) is 0 Å². The quantitative estimate of drug-likeness (QED) is 0.790. The molecule has 0 aromatic heterocycles. The minimum atomic E-state index is 0.575. The molecule has 0 unspecified atom stereocenters. The maximum Gasteiger partial charge on any atom is 0.162 e. The third-order valence-electron chi connectivity index (χ3n) is 3.46. The molecule has 2 aromatic rings. The number of para-hydroxylation sites is 1. The Morgan fingerprint density at radius 3 is 2.30 bits per heavy atom. The van der Waals surface area contributed by atoms with E-state index in [0.29, 0.717) is 36.2 Å². The Morgan fingerprint density at radius 1 is 0.913 bits per heavy atom. The summed E-state index contributed by atoms with van der Waals surface area (Å²) in [5, 5.41) is 4.03. The van der Waals surface area contributed by atoms with E-state index in [1.165, 1.54) is 0 Å².